The number of nitrogens with one attached hydrogen (secondary N) is 1. The van der Waals surface area contributed by atoms with Crippen LogP contribution in [0.15, 0.2) is 42.5 Å². The molecule has 0 aliphatic heterocycles. The van der Waals surface area contributed by atoms with Gasteiger partial charge in [-0.2, -0.15) is 0 Å². The van der Waals surface area contributed by atoms with Gasteiger partial charge in [0.15, 0.2) is 0 Å². The van der Waals surface area contributed by atoms with E-state index in [2.05, 4.69) is 17.2 Å². The molecule has 0 unspecified atom stereocenters. The second kappa shape index (κ2) is 6.94. The lowest BCUT2D eigenvalue weighted by Gasteiger charge is -2.09. The van der Waals surface area contributed by atoms with Crippen LogP contribution in [0.2, 0.25) is 5.02 Å². The first-order valence-corrected chi connectivity index (χ1v) is 6.76. The Balaban J connectivity index is 2.25. The van der Waals surface area contributed by atoms with Crippen molar-refractivity contribution in [2.75, 3.05) is 11.9 Å². The molecule has 0 aromatic heterocycles. The number of halogens is 1. The molecular formula is C17H14ClNO2. The van der Waals surface area contributed by atoms with Crippen molar-refractivity contribution in [3.8, 4) is 11.8 Å². The molecule has 21 heavy (non-hydrogen) atoms. The number of anilines is 1. The smallest absolute Gasteiger partial charge is 0.255 e. The summed E-state index contributed by atoms with van der Waals surface area (Å²) in [5.74, 6) is 5.21. The predicted molar refractivity (Wildman–Crippen MR) is 84.5 cm³/mol. The van der Waals surface area contributed by atoms with Crippen molar-refractivity contribution < 1.29 is 9.90 Å². The van der Waals surface area contributed by atoms with E-state index in [9.17, 15) is 4.79 Å². The van der Waals surface area contributed by atoms with Crippen LogP contribution >= 0.6 is 11.6 Å². The van der Waals surface area contributed by atoms with Crippen molar-refractivity contribution in [2.24, 2.45) is 0 Å². The van der Waals surface area contributed by atoms with Gasteiger partial charge in [0.2, 0.25) is 0 Å². The lowest BCUT2D eigenvalue weighted by molar-refractivity contribution is 0.102. The van der Waals surface area contributed by atoms with Gasteiger partial charge >= 0.3 is 0 Å². The van der Waals surface area contributed by atoms with E-state index in [4.69, 9.17) is 16.7 Å². The molecule has 0 atom stereocenters. The third kappa shape index (κ3) is 3.85. The number of rotatable bonds is 2. The first kappa shape index (κ1) is 15.1. The van der Waals surface area contributed by atoms with Crippen LogP contribution in [0.4, 0.5) is 5.69 Å². The second-order valence-electron chi connectivity index (χ2n) is 4.40. The third-order valence-corrected chi connectivity index (χ3v) is 3.23. The van der Waals surface area contributed by atoms with Gasteiger partial charge in [0.1, 0.15) is 6.61 Å². The minimum atomic E-state index is -0.208. The molecule has 106 valence electrons. The zero-order valence-electron chi connectivity index (χ0n) is 11.5. The van der Waals surface area contributed by atoms with Gasteiger partial charge in [-0.15, -0.1) is 0 Å². The molecule has 2 aromatic carbocycles. The molecule has 2 N–H and O–H groups in total. The minimum absolute atomic E-state index is 0.206. The summed E-state index contributed by atoms with van der Waals surface area (Å²) in [7, 11) is 0. The van der Waals surface area contributed by atoms with Crippen molar-refractivity contribution in [3.63, 3.8) is 0 Å². The van der Waals surface area contributed by atoms with Crippen LogP contribution in [0.1, 0.15) is 21.5 Å². The molecule has 4 heteroatoms. The Kier molecular flexibility index (Phi) is 4.99. The molecular weight excluding hydrogens is 286 g/mol. The summed E-state index contributed by atoms with van der Waals surface area (Å²) >= 11 is 5.81. The lowest BCUT2D eigenvalue weighted by atomic mass is 10.0. The highest BCUT2D eigenvalue weighted by Crippen LogP contribution is 2.17. The Morgan fingerprint density at radius 3 is 2.62 bits per heavy atom. The van der Waals surface area contributed by atoms with Crippen molar-refractivity contribution in [3.05, 3.63) is 64.2 Å². The van der Waals surface area contributed by atoms with E-state index in [1.807, 2.05) is 13.0 Å². The number of aliphatic hydroxyl groups excluding tert-OH is 1. The normalized spacial score (nSPS) is 9.67. The van der Waals surface area contributed by atoms with Crippen LogP contribution in [0, 0.1) is 18.8 Å². The standard InChI is InChI=1S/C17H14ClNO2/c1-12-13(5-3-11-20)4-2-6-16(12)17(21)19-15-9-7-14(18)8-10-15/h2,4,6-10,20H,11H2,1H3,(H,19,21). The van der Waals surface area contributed by atoms with E-state index >= 15 is 0 Å². The Morgan fingerprint density at radius 2 is 1.95 bits per heavy atom. The number of carbonyl (C=O) groups excluding carboxylic acids is 1. The molecule has 0 spiro atoms. The zero-order chi connectivity index (χ0) is 15.2. The fourth-order valence-corrected chi connectivity index (χ4v) is 2.01. The highest BCUT2D eigenvalue weighted by molar-refractivity contribution is 6.30. The number of hydrogen-bond donors (Lipinski definition) is 2. The molecule has 0 aliphatic carbocycles. The van der Waals surface area contributed by atoms with Crippen LogP contribution < -0.4 is 5.32 Å². The Bertz CT molecular complexity index is 712. The minimum Gasteiger partial charge on any atom is -0.384 e. The monoisotopic (exact) mass is 299 g/mol. The number of benzene rings is 2. The quantitative estimate of drug-likeness (QED) is 0.836. The number of amides is 1. The van der Waals surface area contributed by atoms with Crippen LogP contribution in [-0.4, -0.2) is 17.6 Å². The zero-order valence-corrected chi connectivity index (χ0v) is 12.2. The first-order valence-electron chi connectivity index (χ1n) is 6.38. The summed E-state index contributed by atoms with van der Waals surface area (Å²) in [6.07, 6.45) is 0. The molecule has 3 nitrogen and oxygen atoms in total. The predicted octanol–water partition coefficient (Wildman–Crippen LogP) is 3.24. The van der Waals surface area contributed by atoms with Crippen molar-refractivity contribution in [2.45, 2.75) is 6.92 Å². The largest absolute Gasteiger partial charge is 0.384 e. The molecule has 0 saturated heterocycles. The van der Waals surface area contributed by atoms with Gasteiger partial charge in [0.05, 0.1) is 0 Å². The first-order chi connectivity index (χ1) is 10.1. The van der Waals surface area contributed by atoms with Gasteiger partial charge in [0.25, 0.3) is 5.91 Å². The van der Waals surface area contributed by atoms with E-state index in [0.29, 0.717) is 16.3 Å². The average Bonchev–Trinajstić information content (AvgIpc) is 2.48. The van der Waals surface area contributed by atoms with E-state index in [1.54, 1.807) is 36.4 Å². The third-order valence-electron chi connectivity index (χ3n) is 2.98. The Labute approximate surface area is 128 Å². The molecule has 0 fully saturated rings. The van der Waals surface area contributed by atoms with Crippen LogP contribution in [0.3, 0.4) is 0 Å². The SMILES string of the molecule is Cc1c(C#CCO)cccc1C(=O)Nc1ccc(Cl)cc1. The fraction of sp³-hybridized carbons (Fsp3) is 0.118. The van der Waals surface area contributed by atoms with Crippen molar-refractivity contribution in [1.82, 2.24) is 0 Å². The number of hydrogen-bond acceptors (Lipinski definition) is 2. The Morgan fingerprint density at radius 1 is 1.24 bits per heavy atom. The van der Waals surface area contributed by atoms with Gasteiger partial charge < -0.3 is 10.4 Å². The Hall–Kier alpha value is -2.28. The van der Waals surface area contributed by atoms with Crippen LogP contribution in [0.5, 0.6) is 0 Å². The summed E-state index contributed by atoms with van der Waals surface area (Å²) in [4.78, 5) is 12.3. The maximum Gasteiger partial charge on any atom is 0.255 e. The molecule has 0 bridgehead atoms. The summed E-state index contributed by atoms with van der Waals surface area (Å²) in [5.41, 5.74) is 2.74. The van der Waals surface area contributed by atoms with Gasteiger partial charge in [-0.1, -0.05) is 29.5 Å². The fourth-order valence-electron chi connectivity index (χ4n) is 1.88. The molecule has 0 aliphatic rings. The topological polar surface area (TPSA) is 49.3 Å². The van der Waals surface area contributed by atoms with Crippen molar-refractivity contribution in [1.29, 1.82) is 0 Å². The highest BCUT2D eigenvalue weighted by atomic mass is 35.5. The lowest BCUT2D eigenvalue weighted by Crippen LogP contribution is -2.13. The van der Waals surface area contributed by atoms with Gasteiger partial charge in [-0.25, -0.2) is 0 Å². The summed E-state index contributed by atoms with van der Waals surface area (Å²) in [5, 5.41) is 12.2. The number of aliphatic hydroxyl groups is 1. The van der Waals surface area contributed by atoms with E-state index in [-0.39, 0.29) is 12.5 Å². The summed E-state index contributed by atoms with van der Waals surface area (Å²) in [6.45, 7) is 1.62. The maximum absolute atomic E-state index is 12.3. The number of carbonyl (C=O) groups is 1. The molecule has 0 heterocycles. The second-order valence-corrected chi connectivity index (χ2v) is 4.84. The van der Waals surface area contributed by atoms with E-state index < -0.39 is 0 Å². The van der Waals surface area contributed by atoms with Crippen molar-refractivity contribution >= 4 is 23.2 Å². The van der Waals surface area contributed by atoms with E-state index in [1.165, 1.54) is 0 Å². The highest BCUT2D eigenvalue weighted by Gasteiger charge is 2.11. The summed E-state index contributed by atoms with van der Waals surface area (Å²) < 4.78 is 0. The summed E-state index contributed by atoms with van der Waals surface area (Å²) in [6, 6.07) is 12.2. The van der Waals surface area contributed by atoms with Gasteiger partial charge in [-0.3, -0.25) is 4.79 Å². The molecule has 2 rings (SSSR count). The molecule has 0 saturated carbocycles. The van der Waals surface area contributed by atoms with E-state index in [0.717, 1.165) is 11.1 Å². The van der Waals surface area contributed by atoms with Crippen LogP contribution in [0.25, 0.3) is 0 Å². The molecule has 2 aromatic rings. The maximum atomic E-state index is 12.3. The molecule has 0 radical (unpaired) electrons. The average molecular weight is 300 g/mol. The molecule has 1 amide bonds. The van der Waals surface area contributed by atoms with Gasteiger partial charge in [0, 0.05) is 21.8 Å². The van der Waals surface area contributed by atoms with Crippen LogP contribution in [-0.2, 0) is 0 Å². The van der Waals surface area contributed by atoms with Gasteiger partial charge in [-0.05, 0) is 48.9 Å².